The van der Waals surface area contributed by atoms with Gasteiger partial charge in [0.2, 0.25) is 0 Å². The first-order valence-corrected chi connectivity index (χ1v) is 9.87. The maximum absolute atomic E-state index is 13.3. The van der Waals surface area contributed by atoms with Crippen LogP contribution in [-0.4, -0.2) is 53.9 Å². The second-order valence-corrected chi connectivity index (χ2v) is 7.40. The van der Waals surface area contributed by atoms with E-state index in [1.165, 1.54) is 0 Å². The fourth-order valence-corrected chi connectivity index (χ4v) is 3.75. The number of piperazine rings is 1. The Balaban J connectivity index is 1.50. The highest BCUT2D eigenvalue weighted by molar-refractivity contribution is 5.93. The molecule has 3 aromatic rings. The lowest BCUT2D eigenvalue weighted by Crippen LogP contribution is -2.49. The molecule has 1 aromatic heterocycles. The first-order chi connectivity index (χ1) is 14.0. The van der Waals surface area contributed by atoms with Gasteiger partial charge in [-0.05, 0) is 49.7 Å². The van der Waals surface area contributed by atoms with Crippen molar-refractivity contribution < 1.29 is 9.53 Å². The number of anilines is 1. The predicted octanol–water partition coefficient (Wildman–Crippen LogP) is 3.46. The topological polar surface area (TPSA) is 50.6 Å². The molecule has 0 radical (unpaired) electrons. The third-order valence-corrected chi connectivity index (χ3v) is 5.28. The number of nitrogens with zero attached hydrogens (tertiary/aromatic N) is 4. The third kappa shape index (κ3) is 3.97. The zero-order valence-corrected chi connectivity index (χ0v) is 17.1. The lowest BCUT2D eigenvalue weighted by molar-refractivity contribution is 0.0737. The van der Waals surface area contributed by atoms with Crippen molar-refractivity contribution in [1.29, 1.82) is 0 Å². The minimum atomic E-state index is 0.0254. The Morgan fingerprint density at radius 1 is 0.931 bits per heavy atom. The van der Waals surface area contributed by atoms with Gasteiger partial charge < -0.3 is 14.5 Å². The number of aromatic nitrogens is 2. The maximum atomic E-state index is 13.3. The van der Waals surface area contributed by atoms with Crippen molar-refractivity contribution in [2.45, 2.75) is 13.8 Å². The van der Waals surface area contributed by atoms with Crippen LogP contribution in [0, 0.1) is 13.8 Å². The Morgan fingerprint density at radius 2 is 1.66 bits per heavy atom. The SMILES string of the molecule is COc1cccc(N2CCN(C(=O)c3cc(C)nn3-c3cccc(C)c3)CC2)c1. The fourth-order valence-electron chi connectivity index (χ4n) is 3.75. The first-order valence-electron chi connectivity index (χ1n) is 9.87. The van der Waals surface area contributed by atoms with Crippen molar-refractivity contribution in [2.75, 3.05) is 38.2 Å². The Morgan fingerprint density at radius 3 is 2.38 bits per heavy atom. The van der Waals surface area contributed by atoms with Gasteiger partial charge >= 0.3 is 0 Å². The fraction of sp³-hybridized carbons (Fsp3) is 0.304. The number of carbonyl (C=O) groups is 1. The summed E-state index contributed by atoms with van der Waals surface area (Å²) in [5.74, 6) is 0.871. The van der Waals surface area contributed by atoms with E-state index in [4.69, 9.17) is 4.74 Å². The number of rotatable bonds is 4. The summed E-state index contributed by atoms with van der Waals surface area (Å²) in [5, 5.41) is 4.56. The molecule has 1 aliphatic rings. The van der Waals surface area contributed by atoms with Crippen LogP contribution in [0.2, 0.25) is 0 Å². The molecule has 0 aliphatic carbocycles. The second kappa shape index (κ2) is 7.99. The zero-order chi connectivity index (χ0) is 20.4. The minimum Gasteiger partial charge on any atom is -0.497 e. The lowest BCUT2D eigenvalue weighted by Gasteiger charge is -2.36. The van der Waals surface area contributed by atoms with E-state index in [1.807, 2.05) is 67.3 Å². The van der Waals surface area contributed by atoms with Crippen LogP contribution in [0.3, 0.4) is 0 Å². The second-order valence-electron chi connectivity index (χ2n) is 7.40. The van der Waals surface area contributed by atoms with Crippen LogP contribution in [0.5, 0.6) is 5.75 Å². The normalized spacial score (nSPS) is 14.2. The molecule has 1 saturated heterocycles. The number of aryl methyl sites for hydroxylation is 2. The highest BCUT2D eigenvalue weighted by Gasteiger charge is 2.25. The molecule has 1 aliphatic heterocycles. The molecule has 29 heavy (non-hydrogen) atoms. The van der Waals surface area contributed by atoms with Crippen molar-refractivity contribution in [2.24, 2.45) is 0 Å². The number of amides is 1. The number of ether oxygens (including phenoxy) is 1. The Hall–Kier alpha value is -3.28. The predicted molar refractivity (Wildman–Crippen MR) is 114 cm³/mol. The summed E-state index contributed by atoms with van der Waals surface area (Å²) in [5.41, 5.74) is 4.63. The largest absolute Gasteiger partial charge is 0.497 e. The van der Waals surface area contributed by atoms with E-state index >= 15 is 0 Å². The van der Waals surface area contributed by atoms with Crippen molar-refractivity contribution in [3.05, 3.63) is 71.5 Å². The van der Waals surface area contributed by atoms with Gasteiger partial charge in [-0.1, -0.05) is 18.2 Å². The van der Waals surface area contributed by atoms with Crippen LogP contribution in [0.25, 0.3) is 5.69 Å². The van der Waals surface area contributed by atoms with Gasteiger partial charge in [-0.3, -0.25) is 4.79 Å². The van der Waals surface area contributed by atoms with E-state index in [1.54, 1.807) is 11.8 Å². The molecule has 6 nitrogen and oxygen atoms in total. The summed E-state index contributed by atoms with van der Waals surface area (Å²) in [6, 6.07) is 18.0. The molecule has 0 spiro atoms. The van der Waals surface area contributed by atoms with Crippen LogP contribution in [-0.2, 0) is 0 Å². The molecule has 4 rings (SSSR count). The standard InChI is InChI=1S/C23H26N4O2/c1-17-6-4-8-20(14-17)27-22(15-18(2)24-27)23(28)26-12-10-25(11-13-26)19-7-5-9-21(16-19)29-3/h4-9,14-16H,10-13H2,1-3H3. The molecule has 6 heteroatoms. The van der Waals surface area contributed by atoms with Gasteiger partial charge in [0.1, 0.15) is 11.4 Å². The van der Waals surface area contributed by atoms with Gasteiger partial charge in [0.05, 0.1) is 18.5 Å². The van der Waals surface area contributed by atoms with Gasteiger partial charge in [-0.25, -0.2) is 4.68 Å². The van der Waals surface area contributed by atoms with Gasteiger partial charge in [0, 0.05) is 37.9 Å². The van der Waals surface area contributed by atoms with Crippen LogP contribution < -0.4 is 9.64 Å². The number of hydrogen-bond acceptors (Lipinski definition) is 4. The molecule has 150 valence electrons. The van der Waals surface area contributed by atoms with E-state index in [-0.39, 0.29) is 5.91 Å². The van der Waals surface area contributed by atoms with Crippen molar-refractivity contribution in [1.82, 2.24) is 14.7 Å². The number of benzene rings is 2. The molecule has 1 fully saturated rings. The van der Waals surface area contributed by atoms with Crippen molar-refractivity contribution >= 4 is 11.6 Å². The van der Waals surface area contributed by atoms with Crippen LogP contribution in [0.4, 0.5) is 5.69 Å². The number of hydrogen-bond donors (Lipinski definition) is 0. The summed E-state index contributed by atoms with van der Waals surface area (Å²) in [6.45, 7) is 6.89. The van der Waals surface area contributed by atoms with Gasteiger partial charge in [0.15, 0.2) is 0 Å². The summed E-state index contributed by atoms with van der Waals surface area (Å²) < 4.78 is 7.09. The highest BCUT2D eigenvalue weighted by atomic mass is 16.5. The summed E-state index contributed by atoms with van der Waals surface area (Å²) >= 11 is 0. The molecule has 0 unspecified atom stereocenters. The summed E-state index contributed by atoms with van der Waals surface area (Å²) in [6.07, 6.45) is 0. The smallest absolute Gasteiger partial charge is 0.272 e. The lowest BCUT2D eigenvalue weighted by atomic mass is 10.2. The van der Waals surface area contributed by atoms with E-state index in [0.29, 0.717) is 18.8 Å². The quantitative estimate of drug-likeness (QED) is 0.685. The third-order valence-electron chi connectivity index (χ3n) is 5.28. The molecule has 0 saturated carbocycles. The molecule has 0 bridgehead atoms. The van der Waals surface area contributed by atoms with Gasteiger partial charge in [-0.2, -0.15) is 5.10 Å². The Bertz CT molecular complexity index is 1020. The molecule has 2 aromatic carbocycles. The van der Waals surface area contributed by atoms with Crippen LogP contribution in [0.1, 0.15) is 21.7 Å². The molecular formula is C23H26N4O2. The van der Waals surface area contributed by atoms with Gasteiger partial charge in [-0.15, -0.1) is 0 Å². The van der Waals surface area contributed by atoms with E-state index < -0.39 is 0 Å². The van der Waals surface area contributed by atoms with Crippen LogP contribution in [0.15, 0.2) is 54.6 Å². The van der Waals surface area contributed by atoms with Crippen molar-refractivity contribution in [3.8, 4) is 11.4 Å². The Kier molecular flexibility index (Phi) is 5.25. The summed E-state index contributed by atoms with van der Waals surface area (Å²) in [7, 11) is 1.68. The minimum absolute atomic E-state index is 0.0254. The van der Waals surface area contributed by atoms with E-state index in [2.05, 4.69) is 16.1 Å². The molecular weight excluding hydrogens is 364 g/mol. The van der Waals surface area contributed by atoms with Crippen LogP contribution >= 0.6 is 0 Å². The number of methoxy groups -OCH3 is 1. The van der Waals surface area contributed by atoms with E-state index in [0.717, 1.165) is 41.5 Å². The molecule has 2 heterocycles. The summed E-state index contributed by atoms with van der Waals surface area (Å²) in [4.78, 5) is 17.5. The number of carbonyl (C=O) groups excluding carboxylic acids is 1. The average Bonchev–Trinajstić information content (AvgIpc) is 3.15. The zero-order valence-electron chi connectivity index (χ0n) is 17.1. The Labute approximate surface area is 171 Å². The highest BCUT2D eigenvalue weighted by Crippen LogP contribution is 2.23. The first kappa shape index (κ1) is 19.1. The maximum Gasteiger partial charge on any atom is 0.272 e. The molecule has 1 amide bonds. The molecule has 0 atom stereocenters. The van der Waals surface area contributed by atoms with Gasteiger partial charge in [0.25, 0.3) is 5.91 Å². The molecule has 0 N–H and O–H groups in total. The monoisotopic (exact) mass is 390 g/mol. The average molecular weight is 390 g/mol. The van der Waals surface area contributed by atoms with E-state index in [9.17, 15) is 4.79 Å². The van der Waals surface area contributed by atoms with Crippen molar-refractivity contribution in [3.63, 3.8) is 0 Å².